The van der Waals surface area contributed by atoms with E-state index in [9.17, 15) is 5.11 Å². The fourth-order valence-electron chi connectivity index (χ4n) is 2.20. The van der Waals surface area contributed by atoms with E-state index in [4.69, 9.17) is 4.74 Å². The molecule has 0 saturated carbocycles. The first kappa shape index (κ1) is 11.2. The van der Waals surface area contributed by atoms with Gasteiger partial charge in [0.15, 0.2) is 0 Å². The highest BCUT2D eigenvalue weighted by Crippen LogP contribution is 2.27. The van der Waals surface area contributed by atoms with Gasteiger partial charge in [0.05, 0.1) is 12.1 Å². The summed E-state index contributed by atoms with van der Waals surface area (Å²) < 4.78 is 5.50. The van der Waals surface area contributed by atoms with Crippen LogP contribution < -0.4 is 0 Å². The molecule has 1 atom stereocenters. The molecule has 0 amide bonds. The third-order valence-electron chi connectivity index (χ3n) is 3.18. The van der Waals surface area contributed by atoms with Crippen LogP contribution in [0.15, 0.2) is 48.4 Å². The van der Waals surface area contributed by atoms with Gasteiger partial charge in [-0.2, -0.15) is 0 Å². The molecular weight excluding hydrogens is 226 g/mol. The maximum atomic E-state index is 10.3. The summed E-state index contributed by atoms with van der Waals surface area (Å²) in [4.78, 5) is 4.27. The van der Waals surface area contributed by atoms with Crippen molar-refractivity contribution in [3.05, 3.63) is 53.9 Å². The lowest BCUT2D eigenvalue weighted by atomic mass is 10.0. The summed E-state index contributed by atoms with van der Waals surface area (Å²) in [6.07, 6.45) is 5.07. The van der Waals surface area contributed by atoms with Crippen LogP contribution >= 0.6 is 0 Å². The number of fused-ring (bicyclic) bond motifs is 1. The van der Waals surface area contributed by atoms with Gasteiger partial charge in [-0.15, -0.1) is 0 Å². The molecule has 2 aromatic rings. The van der Waals surface area contributed by atoms with Crippen LogP contribution in [0.4, 0.5) is 0 Å². The zero-order valence-electron chi connectivity index (χ0n) is 10.0. The Balaban J connectivity index is 1.96. The van der Waals surface area contributed by atoms with Crippen LogP contribution in [-0.4, -0.2) is 16.7 Å². The molecule has 18 heavy (non-hydrogen) atoms. The molecule has 3 rings (SSSR count). The van der Waals surface area contributed by atoms with E-state index < -0.39 is 6.10 Å². The van der Waals surface area contributed by atoms with E-state index in [0.29, 0.717) is 12.4 Å². The zero-order chi connectivity index (χ0) is 12.4. The second-order valence-corrected chi connectivity index (χ2v) is 4.46. The largest absolute Gasteiger partial charge is 0.495 e. The summed E-state index contributed by atoms with van der Waals surface area (Å²) in [6.45, 7) is 0.692. The van der Waals surface area contributed by atoms with Gasteiger partial charge in [-0.1, -0.05) is 12.1 Å². The predicted octanol–water partition coefficient (Wildman–Crippen LogP) is 2.96. The Labute approximate surface area is 106 Å². The lowest BCUT2D eigenvalue weighted by molar-refractivity contribution is 0.0919. The fourth-order valence-corrected chi connectivity index (χ4v) is 2.20. The number of nitrogens with zero attached hydrogens (tertiary/aromatic N) is 1. The number of aromatic nitrogens is 1. The number of aliphatic hydroxyl groups excluding tert-OH is 1. The number of ether oxygens (including phenoxy) is 1. The van der Waals surface area contributed by atoms with Gasteiger partial charge in [-0.3, -0.25) is 4.98 Å². The van der Waals surface area contributed by atoms with Crippen molar-refractivity contribution < 1.29 is 9.84 Å². The second kappa shape index (κ2) is 4.78. The Morgan fingerprint density at radius 1 is 1.28 bits per heavy atom. The molecule has 3 heteroatoms. The van der Waals surface area contributed by atoms with Gasteiger partial charge in [0.2, 0.25) is 0 Å². The minimum atomic E-state index is -0.671. The Morgan fingerprint density at radius 2 is 2.22 bits per heavy atom. The predicted molar refractivity (Wildman–Crippen MR) is 70.0 cm³/mol. The SMILES string of the molecule is OC(C1=CCCCO1)c1ccc2ncccc2c1. The van der Waals surface area contributed by atoms with Gasteiger partial charge in [0.1, 0.15) is 11.9 Å². The topological polar surface area (TPSA) is 42.4 Å². The molecule has 0 radical (unpaired) electrons. The average molecular weight is 241 g/mol. The van der Waals surface area contributed by atoms with Crippen molar-refractivity contribution in [1.29, 1.82) is 0 Å². The summed E-state index contributed by atoms with van der Waals surface area (Å²) in [6, 6.07) is 9.69. The van der Waals surface area contributed by atoms with Gasteiger partial charge in [-0.05, 0) is 42.7 Å². The lowest BCUT2D eigenvalue weighted by Crippen LogP contribution is -2.09. The highest BCUT2D eigenvalue weighted by molar-refractivity contribution is 5.79. The van der Waals surface area contributed by atoms with E-state index in [0.717, 1.165) is 29.3 Å². The van der Waals surface area contributed by atoms with E-state index in [1.165, 1.54) is 0 Å². The normalized spacial score (nSPS) is 17.1. The van der Waals surface area contributed by atoms with Crippen molar-refractivity contribution in [2.24, 2.45) is 0 Å². The molecule has 1 aliphatic heterocycles. The number of aliphatic hydroxyl groups is 1. The van der Waals surface area contributed by atoms with Crippen molar-refractivity contribution >= 4 is 10.9 Å². The number of hydrogen-bond acceptors (Lipinski definition) is 3. The summed E-state index contributed by atoms with van der Waals surface area (Å²) in [5, 5.41) is 11.3. The summed E-state index contributed by atoms with van der Waals surface area (Å²) in [7, 11) is 0. The van der Waals surface area contributed by atoms with Crippen LogP contribution in [0.3, 0.4) is 0 Å². The van der Waals surface area contributed by atoms with Crippen molar-refractivity contribution in [3.63, 3.8) is 0 Å². The maximum Gasteiger partial charge on any atom is 0.136 e. The van der Waals surface area contributed by atoms with Crippen molar-refractivity contribution in [2.45, 2.75) is 18.9 Å². The van der Waals surface area contributed by atoms with E-state index in [1.54, 1.807) is 6.20 Å². The van der Waals surface area contributed by atoms with Crippen LogP contribution in [0, 0.1) is 0 Å². The third kappa shape index (κ3) is 2.09. The first-order valence-corrected chi connectivity index (χ1v) is 6.20. The first-order chi connectivity index (χ1) is 8.84. The lowest BCUT2D eigenvalue weighted by Gasteiger charge is -2.20. The Hall–Kier alpha value is -1.87. The van der Waals surface area contributed by atoms with E-state index in [2.05, 4.69) is 4.98 Å². The quantitative estimate of drug-likeness (QED) is 0.879. The molecular formula is C15H15NO2. The standard InChI is InChI=1S/C15H15NO2/c17-15(14-5-1-2-9-18-14)12-6-7-13-11(10-12)4-3-8-16-13/h3-8,10,15,17H,1-2,9H2. The molecule has 0 bridgehead atoms. The zero-order valence-corrected chi connectivity index (χ0v) is 10.0. The molecule has 1 aromatic heterocycles. The van der Waals surface area contributed by atoms with Crippen LogP contribution in [0.1, 0.15) is 24.5 Å². The van der Waals surface area contributed by atoms with Crippen LogP contribution in [0.25, 0.3) is 10.9 Å². The van der Waals surface area contributed by atoms with Gasteiger partial charge in [-0.25, -0.2) is 0 Å². The molecule has 1 N–H and O–H groups in total. The summed E-state index contributed by atoms with van der Waals surface area (Å²) in [5.74, 6) is 0.671. The van der Waals surface area contributed by atoms with Gasteiger partial charge in [0.25, 0.3) is 0 Å². The number of rotatable bonds is 2. The Morgan fingerprint density at radius 3 is 3.06 bits per heavy atom. The molecule has 0 aliphatic carbocycles. The molecule has 1 aromatic carbocycles. The van der Waals surface area contributed by atoms with E-state index in [1.807, 2.05) is 36.4 Å². The van der Waals surface area contributed by atoms with Crippen LogP contribution in [-0.2, 0) is 4.74 Å². The van der Waals surface area contributed by atoms with Crippen LogP contribution in [0.2, 0.25) is 0 Å². The van der Waals surface area contributed by atoms with Gasteiger partial charge in [0, 0.05) is 11.6 Å². The number of hydrogen-bond donors (Lipinski definition) is 1. The molecule has 3 nitrogen and oxygen atoms in total. The number of benzene rings is 1. The minimum absolute atomic E-state index is 0.671. The number of pyridine rings is 1. The molecule has 0 fully saturated rings. The Kier molecular flexibility index (Phi) is 2.99. The van der Waals surface area contributed by atoms with Gasteiger partial charge < -0.3 is 9.84 Å². The summed E-state index contributed by atoms with van der Waals surface area (Å²) >= 11 is 0. The smallest absolute Gasteiger partial charge is 0.136 e. The molecule has 1 aliphatic rings. The molecule has 1 unspecified atom stereocenters. The maximum absolute atomic E-state index is 10.3. The van der Waals surface area contributed by atoms with E-state index in [-0.39, 0.29) is 0 Å². The third-order valence-corrected chi connectivity index (χ3v) is 3.18. The summed E-state index contributed by atoms with van der Waals surface area (Å²) in [5.41, 5.74) is 1.79. The van der Waals surface area contributed by atoms with Crippen molar-refractivity contribution in [2.75, 3.05) is 6.61 Å². The number of allylic oxidation sites excluding steroid dienone is 1. The monoisotopic (exact) mass is 241 g/mol. The molecule has 0 saturated heterocycles. The average Bonchev–Trinajstić information content (AvgIpc) is 2.47. The highest BCUT2D eigenvalue weighted by atomic mass is 16.5. The first-order valence-electron chi connectivity index (χ1n) is 6.20. The van der Waals surface area contributed by atoms with Crippen molar-refractivity contribution in [3.8, 4) is 0 Å². The van der Waals surface area contributed by atoms with Crippen LogP contribution in [0.5, 0.6) is 0 Å². The molecule has 92 valence electrons. The van der Waals surface area contributed by atoms with E-state index >= 15 is 0 Å². The fraction of sp³-hybridized carbons (Fsp3) is 0.267. The molecule has 2 heterocycles. The Bertz CT molecular complexity index is 592. The highest BCUT2D eigenvalue weighted by Gasteiger charge is 2.17. The van der Waals surface area contributed by atoms with Crippen molar-refractivity contribution in [1.82, 2.24) is 4.98 Å². The van der Waals surface area contributed by atoms with Gasteiger partial charge >= 0.3 is 0 Å². The second-order valence-electron chi connectivity index (χ2n) is 4.46. The minimum Gasteiger partial charge on any atom is -0.495 e. The molecule has 0 spiro atoms.